The first kappa shape index (κ1) is 14.3. The molecule has 1 aliphatic heterocycles. The molecule has 0 bridgehead atoms. The van der Waals surface area contributed by atoms with Crippen molar-refractivity contribution >= 4 is 5.69 Å². The highest BCUT2D eigenvalue weighted by molar-refractivity contribution is 5.50. The molecule has 1 heterocycles. The molecule has 0 spiro atoms. The van der Waals surface area contributed by atoms with Crippen LogP contribution in [0.3, 0.4) is 0 Å². The summed E-state index contributed by atoms with van der Waals surface area (Å²) in [6, 6.07) is 6.11. The van der Waals surface area contributed by atoms with Gasteiger partial charge in [-0.15, -0.1) is 0 Å². The van der Waals surface area contributed by atoms with Crippen LogP contribution in [0.1, 0.15) is 33.3 Å². The van der Waals surface area contributed by atoms with E-state index in [1.54, 1.807) is 12.1 Å². The van der Waals surface area contributed by atoms with Crippen LogP contribution in [0.4, 0.5) is 10.1 Å². The zero-order valence-corrected chi connectivity index (χ0v) is 12.6. The molecule has 0 amide bonds. The molecule has 2 unspecified atom stereocenters. The van der Waals surface area contributed by atoms with Gasteiger partial charge in [-0.25, -0.2) is 4.39 Å². The number of rotatable bonds is 1. The summed E-state index contributed by atoms with van der Waals surface area (Å²) < 4.78 is 13.6. The van der Waals surface area contributed by atoms with E-state index in [-0.39, 0.29) is 11.2 Å². The quantitative estimate of drug-likeness (QED) is 0.837. The van der Waals surface area contributed by atoms with Crippen LogP contribution in [-0.2, 0) is 0 Å². The lowest BCUT2D eigenvalue weighted by Gasteiger charge is -2.45. The lowest BCUT2D eigenvalue weighted by atomic mass is 9.84. The molecule has 3 heteroatoms. The Bertz CT molecular complexity index is 430. The number of benzene rings is 1. The summed E-state index contributed by atoms with van der Waals surface area (Å²) >= 11 is 0. The van der Waals surface area contributed by atoms with Gasteiger partial charge in [0.15, 0.2) is 0 Å². The van der Waals surface area contributed by atoms with E-state index in [1.165, 1.54) is 0 Å². The Balaban J connectivity index is 2.26. The molecule has 2 nitrogen and oxygen atoms in total. The van der Waals surface area contributed by atoms with Gasteiger partial charge in [0.2, 0.25) is 0 Å². The average Bonchev–Trinajstić information content (AvgIpc) is 2.26. The first-order valence-electron chi connectivity index (χ1n) is 7.04. The van der Waals surface area contributed by atoms with Gasteiger partial charge in [-0.2, -0.15) is 0 Å². The van der Waals surface area contributed by atoms with Crippen LogP contribution in [-0.4, -0.2) is 25.2 Å². The Labute approximate surface area is 116 Å². The van der Waals surface area contributed by atoms with Crippen molar-refractivity contribution in [1.29, 1.82) is 0 Å². The number of halogens is 1. The number of piperazine rings is 1. The van der Waals surface area contributed by atoms with Gasteiger partial charge in [0, 0.05) is 30.9 Å². The van der Waals surface area contributed by atoms with Crippen molar-refractivity contribution in [3.8, 4) is 0 Å². The van der Waals surface area contributed by atoms with Crippen molar-refractivity contribution < 1.29 is 4.39 Å². The summed E-state index contributed by atoms with van der Waals surface area (Å²) in [5.74, 6) is -0.145. The third kappa shape index (κ3) is 3.27. The summed E-state index contributed by atoms with van der Waals surface area (Å²) in [5.41, 5.74) is 2.19. The number of nitrogens with zero attached hydrogens (tertiary/aromatic N) is 1. The van der Waals surface area contributed by atoms with Crippen LogP contribution >= 0.6 is 0 Å². The number of nitrogens with one attached hydrogen (secondary N) is 1. The van der Waals surface area contributed by atoms with E-state index < -0.39 is 0 Å². The Morgan fingerprint density at radius 2 is 1.95 bits per heavy atom. The molecular formula is C16H25FN2. The molecule has 2 rings (SSSR count). The normalized spacial score (nSPS) is 24.6. The smallest absolute Gasteiger partial charge is 0.125 e. The zero-order valence-electron chi connectivity index (χ0n) is 12.6. The molecule has 19 heavy (non-hydrogen) atoms. The van der Waals surface area contributed by atoms with E-state index in [4.69, 9.17) is 0 Å². The maximum Gasteiger partial charge on any atom is 0.125 e. The summed E-state index contributed by atoms with van der Waals surface area (Å²) in [6.07, 6.45) is 0. The third-order valence-corrected chi connectivity index (χ3v) is 3.97. The Morgan fingerprint density at radius 1 is 1.26 bits per heavy atom. The predicted molar refractivity (Wildman–Crippen MR) is 79.2 cm³/mol. The molecule has 1 N–H and O–H groups in total. The van der Waals surface area contributed by atoms with Crippen LogP contribution < -0.4 is 10.2 Å². The van der Waals surface area contributed by atoms with Crippen LogP contribution in [0.2, 0.25) is 0 Å². The van der Waals surface area contributed by atoms with Crippen molar-refractivity contribution in [2.45, 2.75) is 46.7 Å². The fourth-order valence-corrected chi connectivity index (χ4v) is 2.69. The van der Waals surface area contributed by atoms with Crippen molar-refractivity contribution in [3.63, 3.8) is 0 Å². The van der Waals surface area contributed by atoms with Gasteiger partial charge >= 0.3 is 0 Å². The lowest BCUT2D eigenvalue weighted by Crippen LogP contribution is -2.59. The summed E-state index contributed by atoms with van der Waals surface area (Å²) in [6.45, 7) is 12.7. The molecule has 0 aromatic heterocycles. The van der Waals surface area contributed by atoms with Crippen molar-refractivity contribution in [1.82, 2.24) is 5.32 Å². The Morgan fingerprint density at radius 3 is 2.53 bits per heavy atom. The Hall–Kier alpha value is -1.09. The number of hydrogen-bond acceptors (Lipinski definition) is 2. The molecular weight excluding hydrogens is 239 g/mol. The predicted octanol–water partition coefficient (Wildman–Crippen LogP) is 3.35. The van der Waals surface area contributed by atoms with E-state index in [2.05, 4.69) is 44.0 Å². The highest BCUT2D eigenvalue weighted by Crippen LogP contribution is 2.28. The zero-order chi connectivity index (χ0) is 14.2. The van der Waals surface area contributed by atoms with Crippen LogP contribution in [0, 0.1) is 18.2 Å². The molecule has 0 saturated carbocycles. The largest absolute Gasteiger partial charge is 0.366 e. The minimum atomic E-state index is -0.145. The highest BCUT2D eigenvalue weighted by Gasteiger charge is 2.32. The third-order valence-electron chi connectivity index (χ3n) is 3.97. The first-order valence-corrected chi connectivity index (χ1v) is 7.04. The van der Waals surface area contributed by atoms with Crippen molar-refractivity contribution in [2.24, 2.45) is 5.41 Å². The van der Waals surface area contributed by atoms with Crippen molar-refractivity contribution in [2.75, 3.05) is 18.0 Å². The van der Waals surface area contributed by atoms with Gasteiger partial charge in [-0.1, -0.05) is 20.8 Å². The molecule has 1 aliphatic rings. The summed E-state index contributed by atoms with van der Waals surface area (Å²) in [7, 11) is 0. The lowest BCUT2D eigenvalue weighted by molar-refractivity contribution is 0.239. The van der Waals surface area contributed by atoms with E-state index in [0.717, 1.165) is 24.3 Å². The van der Waals surface area contributed by atoms with Gasteiger partial charge in [0.05, 0.1) is 0 Å². The number of anilines is 1. The number of hydrogen-bond donors (Lipinski definition) is 1. The van der Waals surface area contributed by atoms with Crippen LogP contribution in [0.25, 0.3) is 0 Å². The van der Waals surface area contributed by atoms with Gasteiger partial charge in [-0.3, -0.25) is 0 Å². The van der Waals surface area contributed by atoms with E-state index in [9.17, 15) is 4.39 Å². The van der Waals surface area contributed by atoms with Crippen LogP contribution in [0.5, 0.6) is 0 Å². The fraction of sp³-hybridized carbons (Fsp3) is 0.625. The monoisotopic (exact) mass is 264 g/mol. The molecule has 1 saturated heterocycles. The van der Waals surface area contributed by atoms with Gasteiger partial charge in [-0.05, 0) is 43.0 Å². The standard InChI is InChI=1S/C16H25FN2/c1-11-6-13(17)8-14(7-11)19-10-15(16(3,4)5)18-9-12(19)2/h6-8,12,15,18H,9-10H2,1-5H3. The van der Waals surface area contributed by atoms with Crippen LogP contribution in [0.15, 0.2) is 18.2 Å². The molecule has 0 radical (unpaired) electrons. The summed E-state index contributed by atoms with van der Waals surface area (Å²) in [5, 5.41) is 3.60. The molecule has 1 aromatic rings. The van der Waals surface area contributed by atoms with Gasteiger partial charge < -0.3 is 10.2 Å². The molecule has 2 atom stereocenters. The first-order chi connectivity index (χ1) is 8.77. The molecule has 1 aromatic carbocycles. The van der Waals surface area contributed by atoms with Gasteiger partial charge in [0.25, 0.3) is 0 Å². The van der Waals surface area contributed by atoms with E-state index >= 15 is 0 Å². The second-order valence-electron chi connectivity index (χ2n) is 6.82. The highest BCUT2D eigenvalue weighted by atomic mass is 19.1. The Kier molecular flexibility index (Phi) is 3.86. The van der Waals surface area contributed by atoms with E-state index in [0.29, 0.717) is 12.1 Å². The van der Waals surface area contributed by atoms with Crippen molar-refractivity contribution in [3.05, 3.63) is 29.6 Å². The fourth-order valence-electron chi connectivity index (χ4n) is 2.69. The maximum atomic E-state index is 13.6. The molecule has 106 valence electrons. The SMILES string of the molecule is Cc1cc(F)cc(N2CC(C(C)(C)C)NCC2C)c1. The second kappa shape index (κ2) is 5.12. The number of aryl methyl sites for hydroxylation is 1. The van der Waals surface area contributed by atoms with E-state index in [1.807, 2.05) is 6.92 Å². The average molecular weight is 264 g/mol. The van der Waals surface area contributed by atoms with Gasteiger partial charge in [0.1, 0.15) is 5.82 Å². The minimum absolute atomic E-state index is 0.145. The molecule has 0 aliphatic carbocycles. The summed E-state index contributed by atoms with van der Waals surface area (Å²) in [4.78, 5) is 2.32. The second-order valence-corrected chi connectivity index (χ2v) is 6.82. The molecule has 1 fully saturated rings. The minimum Gasteiger partial charge on any atom is -0.366 e. The topological polar surface area (TPSA) is 15.3 Å². The maximum absolute atomic E-state index is 13.6.